The summed E-state index contributed by atoms with van der Waals surface area (Å²) in [5, 5.41) is 0.938. The Labute approximate surface area is 214 Å². The number of benzene rings is 1. The molecule has 0 unspecified atom stereocenters. The van der Waals surface area contributed by atoms with E-state index >= 15 is 0 Å². The van der Waals surface area contributed by atoms with E-state index in [1.54, 1.807) is 18.5 Å². The van der Waals surface area contributed by atoms with Crippen molar-refractivity contribution in [2.24, 2.45) is 12.8 Å². The SMILES string of the molecule is CC#CCn1c(N2CCC[C@@H](N)C2)nc2c1c(=O)n(Cc1nc(C)c3ccccc3n1)c(=O)n2C.Cl. The Morgan fingerprint density at radius 2 is 1.92 bits per heavy atom. The number of hydrogen-bond donors (Lipinski definition) is 1. The average molecular weight is 509 g/mol. The van der Waals surface area contributed by atoms with Crippen LogP contribution in [0.3, 0.4) is 0 Å². The van der Waals surface area contributed by atoms with Gasteiger partial charge < -0.3 is 10.6 Å². The molecule has 0 spiro atoms. The van der Waals surface area contributed by atoms with E-state index in [-0.39, 0.29) is 31.5 Å². The molecule has 11 heteroatoms. The predicted octanol–water partition coefficient (Wildman–Crippen LogP) is 1.57. The highest BCUT2D eigenvalue weighted by Gasteiger charge is 2.26. The number of nitrogens with zero attached hydrogens (tertiary/aromatic N) is 7. The maximum Gasteiger partial charge on any atom is 0.332 e. The zero-order valence-electron chi connectivity index (χ0n) is 20.6. The first-order valence-electron chi connectivity index (χ1n) is 11.7. The molecular weight excluding hydrogens is 480 g/mol. The smallest absolute Gasteiger partial charge is 0.332 e. The molecule has 1 aliphatic rings. The number of imidazole rings is 1. The Kier molecular flexibility index (Phi) is 7.15. The van der Waals surface area contributed by atoms with E-state index in [1.165, 1.54) is 9.13 Å². The number of nitrogens with two attached hydrogens (primary N) is 1. The Balaban J connectivity index is 0.00000304. The normalized spacial score (nSPS) is 15.6. The number of aromatic nitrogens is 6. The Hall–Kier alpha value is -3.68. The summed E-state index contributed by atoms with van der Waals surface area (Å²) in [6.07, 6.45) is 1.88. The Morgan fingerprint density at radius 1 is 1.14 bits per heavy atom. The quantitative estimate of drug-likeness (QED) is 0.416. The molecule has 1 aliphatic heterocycles. The second kappa shape index (κ2) is 10.1. The monoisotopic (exact) mass is 508 g/mol. The van der Waals surface area contributed by atoms with Gasteiger partial charge in [-0.05, 0) is 32.8 Å². The summed E-state index contributed by atoms with van der Waals surface area (Å²) >= 11 is 0. The van der Waals surface area contributed by atoms with E-state index in [9.17, 15) is 9.59 Å². The molecule has 2 N–H and O–H groups in total. The molecule has 4 aromatic rings. The molecule has 0 aliphatic carbocycles. The van der Waals surface area contributed by atoms with Crippen molar-refractivity contribution >= 4 is 40.4 Å². The number of halogens is 1. The first-order valence-corrected chi connectivity index (χ1v) is 11.7. The van der Waals surface area contributed by atoms with Crippen LogP contribution in [0.4, 0.5) is 5.95 Å². The van der Waals surface area contributed by atoms with Gasteiger partial charge in [0.1, 0.15) is 5.82 Å². The molecular formula is C25H29ClN8O2. The highest BCUT2D eigenvalue weighted by atomic mass is 35.5. The van der Waals surface area contributed by atoms with Crippen LogP contribution < -0.4 is 21.9 Å². The van der Waals surface area contributed by atoms with Crippen molar-refractivity contribution in [1.29, 1.82) is 0 Å². The fraction of sp³-hybridized carbons (Fsp3) is 0.400. The fourth-order valence-corrected chi connectivity index (χ4v) is 4.75. The fourth-order valence-electron chi connectivity index (χ4n) is 4.75. The number of hydrogen-bond acceptors (Lipinski definition) is 7. The largest absolute Gasteiger partial charge is 0.341 e. The summed E-state index contributed by atoms with van der Waals surface area (Å²) in [6, 6.07) is 7.71. The maximum atomic E-state index is 13.7. The second-order valence-corrected chi connectivity index (χ2v) is 8.92. The number of anilines is 1. The van der Waals surface area contributed by atoms with Gasteiger partial charge in [-0.1, -0.05) is 24.1 Å². The van der Waals surface area contributed by atoms with Crippen molar-refractivity contribution in [3.8, 4) is 11.8 Å². The minimum atomic E-state index is -0.468. The van der Waals surface area contributed by atoms with Gasteiger partial charge in [0.25, 0.3) is 5.56 Å². The molecule has 188 valence electrons. The van der Waals surface area contributed by atoms with Crippen LogP contribution in [-0.4, -0.2) is 47.8 Å². The van der Waals surface area contributed by atoms with Crippen LogP contribution in [0, 0.1) is 18.8 Å². The molecule has 10 nitrogen and oxygen atoms in total. The third-order valence-electron chi connectivity index (χ3n) is 6.51. The summed E-state index contributed by atoms with van der Waals surface area (Å²) in [4.78, 5) is 43.0. The standard InChI is InChI=1S/C25H28N8O2.ClH/c1-4-5-13-32-21-22(29-24(32)31-12-8-9-17(26)14-31)30(3)25(35)33(23(21)34)15-20-27-16(2)18-10-6-7-11-19(18)28-20;/h6-7,10-11,17H,8-9,12-15,26H2,1-3H3;1H/t17-;/m1./s1. The van der Waals surface area contributed by atoms with Gasteiger partial charge in [-0.3, -0.25) is 18.5 Å². The number of fused-ring (bicyclic) bond motifs is 2. The molecule has 1 fully saturated rings. The molecule has 1 saturated heterocycles. The van der Waals surface area contributed by atoms with Gasteiger partial charge in [0.2, 0.25) is 5.95 Å². The van der Waals surface area contributed by atoms with Crippen molar-refractivity contribution in [2.45, 2.75) is 45.8 Å². The maximum absolute atomic E-state index is 13.7. The summed E-state index contributed by atoms with van der Waals surface area (Å²) in [7, 11) is 1.63. The molecule has 5 rings (SSSR count). The number of piperidine rings is 1. The van der Waals surface area contributed by atoms with Gasteiger partial charge >= 0.3 is 5.69 Å². The summed E-state index contributed by atoms with van der Waals surface area (Å²) in [5.74, 6) is 6.96. The van der Waals surface area contributed by atoms with Gasteiger partial charge in [-0.2, -0.15) is 4.98 Å². The lowest BCUT2D eigenvalue weighted by Gasteiger charge is -2.31. The van der Waals surface area contributed by atoms with Gasteiger partial charge in [0.15, 0.2) is 11.2 Å². The van der Waals surface area contributed by atoms with Crippen molar-refractivity contribution in [3.05, 3.63) is 56.6 Å². The van der Waals surface area contributed by atoms with E-state index < -0.39 is 11.2 Å². The topological polar surface area (TPSA) is 117 Å². The molecule has 1 atom stereocenters. The van der Waals surface area contributed by atoms with Crippen molar-refractivity contribution < 1.29 is 0 Å². The van der Waals surface area contributed by atoms with E-state index in [1.807, 2.05) is 31.2 Å². The number of rotatable bonds is 4. The van der Waals surface area contributed by atoms with Gasteiger partial charge in [-0.25, -0.2) is 14.8 Å². The van der Waals surface area contributed by atoms with Crippen LogP contribution >= 0.6 is 12.4 Å². The van der Waals surface area contributed by atoms with E-state index in [0.29, 0.717) is 29.5 Å². The minimum Gasteiger partial charge on any atom is -0.341 e. The number of para-hydroxylation sites is 1. The van der Waals surface area contributed by atoms with Crippen LogP contribution in [0.5, 0.6) is 0 Å². The lowest BCUT2D eigenvalue weighted by molar-refractivity contribution is 0.496. The summed E-state index contributed by atoms with van der Waals surface area (Å²) < 4.78 is 4.39. The highest BCUT2D eigenvalue weighted by molar-refractivity contribution is 5.85. The zero-order chi connectivity index (χ0) is 24.7. The van der Waals surface area contributed by atoms with Crippen molar-refractivity contribution in [2.75, 3.05) is 18.0 Å². The predicted molar refractivity (Wildman–Crippen MR) is 143 cm³/mol. The van der Waals surface area contributed by atoms with Crippen molar-refractivity contribution in [3.63, 3.8) is 0 Å². The first kappa shape index (κ1) is 25.4. The number of aryl methyl sites for hydroxylation is 2. The molecule has 36 heavy (non-hydrogen) atoms. The lowest BCUT2D eigenvalue weighted by atomic mass is 10.1. The van der Waals surface area contributed by atoms with Gasteiger partial charge in [-0.15, -0.1) is 18.3 Å². The van der Waals surface area contributed by atoms with Gasteiger partial charge in [0.05, 0.1) is 18.6 Å². The molecule has 0 radical (unpaired) electrons. The molecule has 1 aromatic carbocycles. The average Bonchev–Trinajstić information content (AvgIpc) is 3.24. The Morgan fingerprint density at radius 3 is 2.67 bits per heavy atom. The van der Waals surface area contributed by atoms with Crippen LogP contribution in [0.2, 0.25) is 0 Å². The third kappa shape index (κ3) is 4.36. The van der Waals surface area contributed by atoms with Crippen LogP contribution in [-0.2, 0) is 20.1 Å². The van der Waals surface area contributed by atoms with E-state index in [2.05, 4.69) is 26.7 Å². The van der Waals surface area contributed by atoms with E-state index in [4.69, 9.17) is 10.7 Å². The highest BCUT2D eigenvalue weighted by Crippen LogP contribution is 2.23. The Bertz CT molecular complexity index is 1630. The van der Waals surface area contributed by atoms with Crippen molar-refractivity contribution in [1.82, 2.24) is 28.7 Å². The summed E-state index contributed by atoms with van der Waals surface area (Å²) in [5.41, 5.74) is 7.54. The lowest BCUT2D eigenvalue weighted by Crippen LogP contribution is -2.44. The van der Waals surface area contributed by atoms with Gasteiger partial charge in [0, 0.05) is 37.3 Å². The molecule has 0 bridgehead atoms. The first-order chi connectivity index (χ1) is 16.9. The molecule has 4 heterocycles. The second-order valence-electron chi connectivity index (χ2n) is 8.92. The van der Waals surface area contributed by atoms with Crippen LogP contribution in [0.1, 0.15) is 31.3 Å². The van der Waals surface area contributed by atoms with Crippen LogP contribution in [0.15, 0.2) is 33.9 Å². The van der Waals surface area contributed by atoms with Crippen LogP contribution in [0.25, 0.3) is 22.1 Å². The zero-order valence-corrected chi connectivity index (χ0v) is 21.4. The molecule has 0 saturated carbocycles. The third-order valence-corrected chi connectivity index (χ3v) is 6.51. The molecule has 0 amide bonds. The minimum absolute atomic E-state index is 0. The molecule has 3 aromatic heterocycles. The summed E-state index contributed by atoms with van der Waals surface area (Å²) in [6.45, 7) is 5.31. The van der Waals surface area contributed by atoms with E-state index in [0.717, 1.165) is 36.0 Å².